The van der Waals surface area contributed by atoms with Crippen LogP contribution in [0.5, 0.6) is 0 Å². The lowest BCUT2D eigenvalue weighted by Crippen LogP contribution is -2.43. The number of anilines is 4. The molecular formula is C27H37N7O2. The Morgan fingerprint density at radius 2 is 1.83 bits per heavy atom. The summed E-state index contributed by atoms with van der Waals surface area (Å²) in [7, 11) is 3.92. The van der Waals surface area contributed by atoms with E-state index < -0.39 is 0 Å². The molecule has 0 radical (unpaired) electrons. The summed E-state index contributed by atoms with van der Waals surface area (Å²) in [5.74, 6) is 1.18. The molecule has 9 heteroatoms. The van der Waals surface area contributed by atoms with Crippen molar-refractivity contribution in [3.05, 3.63) is 36.0 Å². The SMILES string of the molecule is CC1CN(C2CCCC2)c2nc(Nc3cccc(C(=O)NC4CCN(C)CC4)c3)ncc2N(C)C1=O. The molecule has 2 N–H and O–H groups in total. The molecule has 0 spiro atoms. The molecule has 192 valence electrons. The number of nitrogens with zero attached hydrogens (tertiary/aromatic N) is 5. The van der Waals surface area contributed by atoms with E-state index in [0.29, 0.717) is 24.1 Å². The number of aromatic nitrogens is 2. The molecule has 9 nitrogen and oxygen atoms in total. The van der Waals surface area contributed by atoms with Crippen molar-refractivity contribution in [2.45, 2.75) is 57.5 Å². The Hall–Kier alpha value is -3.20. The lowest BCUT2D eigenvalue weighted by molar-refractivity contribution is -0.121. The van der Waals surface area contributed by atoms with E-state index in [4.69, 9.17) is 4.98 Å². The highest BCUT2D eigenvalue weighted by atomic mass is 16.2. The van der Waals surface area contributed by atoms with Gasteiger partial charge >= 0.3 is 0 Å². The monoisotopic (exact) mass is 491 g/mol. The van der Waals surface area contributed by atoms with Crippen molar-refractivity contribution >= 4 is 35.0 Å². The number of nitrogens with one attached hydrogen (secondary N) is 2. The predicted molar refractivity (Wildman–Crippen MR) is 142 cm³/mol. The number of likely N-dealkylation sites (tertiary alicyclic amines) is 1. The van der Waals surface area contributed by atoms with Crippen molar-refractivity contribution in [2.24, 2.45) is 5.92 Å². The Morgan fingerprint density at radius 3 is 2.58 bits per heavy atom. The van der Waals surface area contributed by atoms with Crippen LogP contribution in [0.15, 0.2) is 30.5 Å². The fourth-order valence-electron chi connectivity index (χ4n) is 5.61. The van der Waals surface area contributed by atoms with Crippen molar-refractivity contribution in [3.8, 4) is 0 Å². The van der Waals surface area contributed by atoms with E-state index in [2.05, 4.69) is 32.5 Å². The summed E-state index contributed by atoms with van der Waals surface area (Å²) >= 11 is 0. The number of hydrogen-bond acceptors (Lipinski definition) is 7. The van der Waals surface area contributed by atoms with E-state index >= 15 is 0 Å². The average Bonchev–Trinajstić information content (AvgIpc) is 3.40. The molecule has 2 amide bonds. The van der Waals surface area contributed by atoms with Crippen molar-refractivity contribution in [2.75, 3.05) is 48.8 Å². The summed E-state index contributed by atoms with van der Waals surface area (Å²) in [6.45, 7) is 4.64. The van der Waals surface area contributed by atoms with Gasteiger partial charge < -0.3 is 25.3 Å². The fraction of sp³-hybridized carbons (Fsp3) is 0.556. The Bertz CT molecular complexity index is 1110. The van der Waals surface area contributed by atoms with Crippen molar-refractivity contribution in [1.82, 2.24) is 20.2 Å². The van der Waals surface area contributed by atoms with E-state index in [-0.39, 0.29) is 23.8 Å². The third-order valence-corrected chi connectivity index (χ3v) is 7.81. The van der Waals surface area contributed by atoms with E-state index in [1.165, 1.54) is 12.8 Å². The summed E-state index contributed by atoms with van der Waals surface area (Å²) in [6.07, 6.45) is 8.32. The number of carbonyl (C=O) groups is 2. The fourth-order valence-corrected chi connectivity index (χ4v) is 5.61. The minimum Gasteiger partial charge on any atom is -0.351 e. The molecule has 2 fully saturated rings. The summed E-state index contributed by atoms with van der Waals surface area (Å²) in [6, 6.07) is 8.05. The maximum absolute atomic E-state index is 12.9. The second-order valence-corrected chi connectivity index (χ2v) is 10.5. The second-order valence-electron chi connectivity index (χ2n) is 10.5. The molecule has 2 aromatic rings. The predicted octanol–water partition coefficient (Wildman–Crippen LogP) is 3.41. The van der Waals surface area contributed by atoms with Crippen LogP contribution in [0.3, 0.4) is 0 Å². The van der Waals surface area contributed by atoms with Gasteiger partial charge in [0.1, 0.15) is 5.69 Å². The minimum absolute atomic E-state index is 0.0578. The first-order valence-corrected chi connectivity index (χ1v) is 13.2. The zero-order chi connectivity index (χ0) is 25.2. The maximum atomic E-state index is 12.9. The molecule has 2 aliphatic heterocycles. The summed E-state index contributed by atoms with van der Waals surface area (Å²) in [4.78, 5) is 41.5. The van der Waals surface area contributed by atoms with Gasteiger partial charge in [-0.3, -0.25) is 9.59 Å². The number of fused-ring (bicyclic) bond motifs is 1. The molecule has 0 bridgehead atoms. The van der Waals surface area contributed by atoms with Gasteiger partial charge in [0.05, 0.1) is 12.1 Å². The summed E-state index contributed by atoms with van der Waals surface area (Å²) in [5.41, 5.74) is 2.11. The number of benzene rings is 1. The first kappa shape index (κ1) is 24.5. The third-order valence-electron chi connectivity index (χ3n) is 7.81. The lowest BCUT2D eigenvalue weighted by atomic mass is 10.0. The van der Waals surface area contributed by atoms with E-state index in [1.54, 1.807) is 18.1 Å². The first-order chi connectivity index (χ1) is 17.4. The van der Waals surface area contributed by atoms with Crippen molar-refractivity contribution in [3.63, 3.8) is 0 Å². The summed E-state index contributed by atoms with van der Waals surface area (Å²) in [5, 5.41) is 6.46. The zero-order valence-corrected chi connectivity index (χ0v) is 21.5. The summed E-state index contributed by atoms with van der Waals surface area (Å²) < 4.78 is 0. The van der Waals surface area contributed by atoms with Gasteiger partial charge in [0.2, 0.25) is 11.9 Å². The lowest BCUT2D eigenvalue weighted by Gasteiger charge is -2.31. The van der Waals surface area contributed by atoms with Gasteiger partial charge in [0.25, 0.3) is 5.91 Å². The zero-order valence-electron chi connectivity index (χ0n) is 21.5. The Morgan fingerprint density at radius 1 is 1.08 bits per heavy atom. The smallest absolute Gasteiger partial charge is 0.251 e. The number of piperidine rings is 1. The molecule has 5 rings (SSSR count). The molecule has 1 aliphatic carbocycles. The van der Waals surface area contributed by atoms with Gasteiger partial charge in [-0.05, 0) is 64.0 Å². The quantitative estimate of drug-likeness (QED) is 0.662. The van der Waals surface area contributed by atoms with Crippen LogP contribution in [0.2, 0.25) is 0 Å². The minimum atomic E-state index is -0.110. The highest BCUT2D eigenvalue weighted by molar-refractivity contribution is 5.99. The number of amides is 2. The Balaban J connectivity index is 1.36. The van der Waals surface area contributed by atoms with Crippen molar-refractivity contribution < 1.29 is 9.59 Å². The van der Waals surface area contributed by atoms with Crippen LogP contribution in [0.25, 0.3) is 0 Å². The molecule has 3 heterocycles. The molecular weight excluding hydrogens is 454 g/mol. The van der Waals surface area contributed by atoms with Crippen LogP contribution >= 0.6 is 0 Å². The van der Waals surface area contributed by atoms with Crippen LogP contribution in [0.4, 0.5) is 23.1 Å². The van der Waals surface area contributed by atoms with Crippen LogP contribution in [0, 0.1) is 5.92 Å². The Labute approximate surface area is 213 Å². The van der Waals surface area contributed by atoms with Gasteiger partial charge in [-0.2, -0.15) is 4.98 Å². The van der Waals surface area contributed by atoms with E-state index in [0.717, 1.165) is 56.0 Å². The highest BCUT2D eigenvalue weighted by Crippen LogP contribution is 2.37. The third kappa shape index (κ3) is 5.16. The molecule has 36 heavy (non-hydrogen) atoms. The number of hydrogen-bond donors (Lipinski definition) is 2. The Kier molecular flexibility index (Phi) is 7.09. The largest absolute Gasteiger partial charge is 0.351 e. The normalized spacial score (nSPS) is 21.9. The van der Waals surface area contributed by atoms with Gasteiger partial charge in [-0.1, -0.05) is 25.8 Å². The first-order valence-electron chi connectivity index (χ1n) is 13.2. The van der Waals surface area contributed by atoms with E-state index in [1.807, 2.05) is 31.2 Å². The standard InChI is InChI=1S/C27H37N7O2/c1-18-17-34(22-9-4-5-10-22)24-23(33(3)26(18)36)16-28-27(31-24)30-21-8-6-7-19(15-21)25(35)29-20-11-13-32(2)14-12-20/h6-8,15-16,18,20,22H,4-5,9-14,17H2,1-3H3,(H,29,35)(H,28,30,31). The maximum Gasteiger partial charge on any atom is 0.251 e. The number of rotatable bonds is 5. The van der Waals surface area contributed by atoms with Gasteiger partial charge in [0.15, 0.2) is 5.82 Å². The molecule has 1 unspecified atom stereocenters. The van der Waals surface area contributed by atoms with Gasteiger partial charge in [-0.25, -0.2) is 4.98 Å². The van der Waals surface area contributed by atoms with Crippen LogP contribution < -0.4 is 20.4 Å². The van der Waals surface area contributed by atoms with Crippen molar-refractivity contribution in [1.29, 1.82) is 0 Å². The number of carbonyl (C=O) groups excluding carboxylic acids is 2. The molecule has 3 aliphatic rings. The average molecular weight is 492 g/mol. The van der Waals surface area contributed by atoms with Crippen LogP contribution in [0.1, 0.15) is 55.8 Å². The molecule has 1 aromatic carbocycles. The van der Waals surface area contributed by atoms with Gasteiger partial charge in [-0.15, -0.1) is 0 Å². The molecule has 1 saturated heterocycles. The topological polar surface area (TPSA) is 93.7 Å². The molecule has 1 atom stereocenters. The molecule has 1 saturated carbocycles. The second kappa shape index (κ2) is 10.4. The highest BCUT2D eigenvalue weighted by Gasteiger charge is 2.35. The van der Waals surface area contributed by atoms with Crippen LogP contribution in [-0.4, -0.2) is 72.5 Å². The molecule has 1 aromatic heterocycles. The van der Waals surface area contributed by atoms with Gasteiger partial charge in [0, 0.05) is 36.9 Å². The van der Waals surface area contributed by atoms with E-state index in [9.17, 15) is 9.59 Å². The van der Waals surface area contributed by atoms with Crippen LogP contribution in [-0.2, 0) is 4.79 Å².